The molecule has 0 saturated carbocycles. The standard InChI is InChI=1S/C23H28N2O5/c1-13(2)18-7-14-8-20(24-6-5-15(11-24)29-3)22(30-4)9-16(14)19-10-21(26)17(23(27)28)12-25(18)19/h8-10,12-13,15,18H,5-7,11H2,1-4H3,(H,27,28). The summed E-state index contributed by atoms with van der Waals surface area (Å²) in [5.41, 5.74) is 3.17. The van der Waals surface area contributed by atoms with E-state index in [0.717, 1.165) is 54.2 Å². The van der Waals surface area contributed by atoms with E-state index in [0.29, 0.717) is 0 Å². The number of pyridine rings is 1. The summed E-state index contributed by atoms with van der Waals surface area (Å²) < 4.78 is 13.2. The van der Waals surface area contributed by atoms with Gasteiger partial charge in [0.05, 0.1) is 24.6 Å². The molecular weight excluding hydrogens is 384 g/mol. The highest BCUT2D eigenvalue weighted by Crippen LogP contribution is 2.43. The van der Waals surface area contributed by atoms with Gasteiger partial charge in [0.1, 0.15) is 11.3 Å². The van der Waals surface area contributed by atoms with Crippen molar-refractivity contribution in [3.8, 4) is 17.0 Å². The smallest absolute Gasteiger partial charge is 0.341 e. The maximum Gasteiger partial charge on any atom is 0.341 e. The fraction of sp³-hybridized carbons (Fsp3) is 0.478. The average molecular weight is 412 g/mol. The first-order valence-electron chi connectivity index (χ1n) is 10.3. The zero-order valence-electron chi connectivity index (χ0n) is 17.8. The lowest BCUT2D eigenvalue weighted by atomic mass is 9.86. The number of ether oxygens (including phenoxy) is 2. The number of fused-ring (bicyclic) bond motifs is 3. The number of benzene rings is 1. The highest BCUT2D eigenvalue weighted by Gasteiger charge is 2.31. The molecule has 2 aromatic rings. The molecule has 2 aliphatic rings. The molecule has 0 bridgehead atoms. The van der Waals surface area contributed by atoms with Gasteiger partial charge in [0.15, 0.2) is 5.43 Å². The number of nitrogens with zero attached hydrogens (tertiary/aromatic N) is 2. The Hall–Kier alpha value is -2.80. The lowest BCUT2D eigenvalue weighted by Crippen LogP contribution is -2.29. The third-order valence-electron chi connectivity index (χ3n) is 6.37. The Morgan fingerprint density at radius 1 is 1.23 bits per heavy atom. The summed E-state index contributed by atoms with van der Waals surface area (Å²) in [7, 11) is 3.39. The molecule has 3 heterocycles. The fourth-order valence-corrected chi connectivity index (χ4v) is 4.65. The number of carbonyl (C=O) groups is 1. The molecule has 0 spiro atoms. The number of aromatic nitrogens is 1. The van der Waals surface area contributed by atoms with Crippen molar-refractivity contribution < 1.29 is 19.4 Å². The number of anilines is 1. The van der Waals surface area contributed by atoms with Crippen LogP contribution >= 0.6 is 0 Å². The highest BCUT2D eigenvalue weighted by molar-refractivity contribution is 5.88. The van der Waals surface area contributed by atoms with Gasteiger partial charge >= 0.3 is 5.97 Å². The van der Waals surface area contributed by atoms with E-state index in [9.17, 15) is 14.7 Å². The first kappa shape index (κ1) is 20.5. The van der Waals surface area contributed by atoms with Crippen molar-refractivity contribution in [3.63, 3.8) is 0 Å². The molecule has 2 atom stereocenters. The average Bonchev–Trinajstić information content (AvgIpc) is 3.20. The normalized spacial score (nSPS) is 20.2. The molecule has 1 aromatic carbocycles. The molecule has 1 N–H and O–H groups in total. The fourth-order valence-electron chi connectivity index (χ4n) is 4.65. The van der Waals surface area contributed by atoms with Crippen LogP contribution in [0.25, 0.3) is 11.3 Å². The van der Waals surface area contributed by atoms with Crippen molar-refractivity contribution in [3.05, 3.63) is 45.7 Å². The molecular formula is C23H28N2O5. The van der Waals surface area contributed by atoms with Gasteiger partial charge in [-0.1, -0.05) is 13.8 Å². The van der Waals surface area contributed by atoms with Crippen molar-refractivity contribution in [2.24, 2.45) is 5.92 Å². The molecule has 2 aliphatic heterocycles. The summed E-state index contributed by atoms with van der Waals surface area (Å²) in [6.45, 7) is 5.95. The van der Waals surface area contributed by atoms with Crippen LogP contribution in [0.5, 0.6) is 5.75 Å². The maximum absolute atomic E-state index is 12.5. The molecule has 7 heteroatoms. The zero-order chi connectivity index (χ0) is 21.6. The van der Waals surface area contributed by atoms with E-state index in [2.05, 4.69) is 24.8 Å². The zero-order valence-corrected chi connectivity index (χ0v) is 17.8. The largest absolute Gasteiger partial charge is 0.495 e. The van der Waals surface area contributed by atoms with Crippen LogP contribution in [-0.2, 0) is 11.2 Å². The van der Waals surface area contributed by atoms with Gasteiger partial charge in [-0.3, -0.25) is 4.79 Å². The van der Waals surface area contributed by atoms with Crippen molar-refractivity contribution in [1.29, 1.82) is 0 Å². The summed E-state index contributed by atoms with van der Waals surface area (Å²) in [4.78, 5) is 26.3. The Labute approximate surface area is 175 Å². The number of carboxylic acids is 1. The molecule has 0 aliphatic carbocycles. The first-order chi connectivity index (χ1) is 14.3. The number of hydrogen-bond donors (Lipinski definition) is 1. The second-order valence-corrected chi connectivity index (χ2v) is 8.44. The van der Waals surface area contributed by atoms with Crippen LogP contribution in [0.15, 0.2) is 29.2 Å². The van der Waals surface area contributed by atoms with Gasteiger partial charge in [-0.15, -0.1) is 0 Å². The summed E-state index contributed by atoms with van der Waals surface area (Å²) in [6.07, 6.45) is 3.45. The third kappa shape index (κ3) is 3.37. The molecule has 1 fully saturated rings. The monoisotopic (exact) mass is 412 g/mol. The third-order valence-corrected chi connectivity index (χ3v) is 6.37. The van der Waals surface area contributed by atoms with Gasteiger partial charge in [0.25, 0.3) is 0 Å². The number of rotatable bonds is 5. The lowest BCUT2D eigenvalue weighted by molar-refractivity contribution is 0.0694. The van der Waals surface area contributed by atoms with Crippen molar-refractivity contribution in [2.45, 2.75) is 38.8 Å². The summed E-state index contributed by atoms with van der Waals surface area (Å²) in [5.74, 6) is -0.177. The van der Waals surface area contributed by atoms with E-state index in [1.807, 2.05) is 10.6 Å². The molecule has 0 amide bonds. The summed E-state index contributed by atoms with van der Waals surface area (Å²) in [5, 5.41) is 9.42. The van der Waals surface area contributed by atoms with E-state index in [4.69, 9.17) is 9.47 Å². The van der Waals surface area contributed by atoms with Crippen LogP contribution in [0.3, 0.4) is 0 Å². The van der Waals surface area contributed by atoms with Crippen molar-refractivity contribution in [1.82, 2.24) is 4.57 Å². The molecule has 160 valence electrons. The van der Waals surface area contributed by atoms with Crippen LogP contribution in [0, 0.1) is 5.92 Å². The number of aromatic carboxylic acids is 1. The van der Waals surface area contributed by atoms with Gasteiger partial charge in [0.2, 0.25) is 0 Å². The second kappa shape index (κ2) is 7.80. The second-order valence-electron chi connectivity index (χ2n) is 8.44. The summed E-state index contributed by atoms with van der Waals surface area (Å²) in [6, 6.07) is 5.67. The lowest BCUT2D eigenvalue weighted by Gasteiger charge is -2.34. The Morgan fingerprint density at radius 2 is 2.00 bits per heavy atom. The Bertz CT molecular complexity index is 1040. The van der Waals surface area contributed by atoms with E-state index < -0.39 is 11.4 Å². The van der Waals surface area contributed by atoms with Crippen LogP contribution in [0.1, 0.15) is 42.2 Å². The van der Waals surface area contributed by atoms with Gasteiger partial charge in [-0.25, -0.2) is 4.79 Å². The van der Waals surface area contributed by atoms with Gasteiger partial charge in [-0.2, -0.15) is 0 Å². The molecule has 1 saturated heterocycles. The molecule has 30 heavy (non-hydrogen) atoms. The number of hydrogen-bond acceptors (Lipinski definition) is 5. The predicted octanol–water partition coefficient (Wildman–Crippen LogP) is 3.20. The summed E-state index contributed by atoms with van der Waals surface area (Å²) >= 11 is 0. The Morgan fingerprint density at radius 3 is 2.60 bits per heavy atom. The quantitative estimate of drug-likeness (QED) is 0.812. The van der Waals surface area contributed by atoms with Gasteiger partial charge < -0.3 is 24.0 Å². The highest BCUT2D eigenvalue weighted by atomic mass is 16.5. The molecule has 7 nitrogen and oxygen atoms in total. The van der Waals surface area contributed by atoms with Crippen LogP contribution in [-0.4, -0.2) is 49.1 Å². The minimum Gasteiger partial charge on any atom is -0.495 e. The number of carboxylic acid groups (broad SMARTS) is 1. The molecule has 1 aromatic heterocycles. The molecule has 4 rings (SSSR count). The Balaban J connectivity index is 1.87. The van der Waals surface area contributed by atoms with Crippen LogP contribution in [0.2, 0.25) is 0 Å². The van der Waals surface area contributed by atoms with E-state index >= 15 is 0 Å². The predicted molar refractivity (Wildman–Crippen MR) is 115 cm³/mol. The molecule has 0 radical (unpaired) electrons. The minimum absolute atomic E-state index is 0.0674. The van der Waals surface area contributed by atoms with Crippen molar-refractivity contribution >= 4 is 11.7 Å². The maximum atomic E-state index is 12.5. The van der Waals surface area contributed by atoms with Crippen LogP contribution < -0.4 is 15.1 Å². The SMILES string of the molecule is COc1cc2c(cc1N1CCC(OC)C1)CC(C(C)C)n1cc(C(=O)O)c(=O)cc1-2. The first-order valence-corrected chi connectivity index (χ1v) is 10.3. The number of methoxy groups -OCH3 is 2. The topological polar surface area (TPSA) is 81.0 Å². The molecule has 2 unspecified atom stereocenters. The Kier molecular flexibility index (Phi) is 5.32. The van der Waals surface area contributed by atoms with Crippen LogP contribution in [0.4, 0.5) is 5.69 Å². The van der Waals surface area contributed by atoms with E-state index in [-0.39, 0.29) is 23.6 Å². The van der Waals surface area contributed by atoms with Crippen molar-refractivity contribution in [2.75, 3.05) is 32.2 Å². The minimum atomic E-state index is -1.20. The van der Waals surface area contributed by atoms with E-state index in [1.165, 1.54) is 12.3 Å². The van der Waals surface area contributed by atoms with E-state index in [1.54, 1.807) is 14.2 Å². The van der Waals surface area contributed by atoms with Gasteiger partial charge in [0, 0.05) is 44.1 Å². The van der Waals surface area contributed by atoms with Gasteiger partial charge in [-0.05, 0) is 36.5 Å².